The topological polar surface area (TPSA) is 67.6 Å². The number of nitrogens with two attached hydrogens (primary N) is 1. The summed E-state index contributed by atoms with van der Waals surface area (Å²) in [5.41, 5.74) is 6.07. The second kappa shape index (κ2) is 4.31. The standard InChI is InChI=1S/C9H16N4S/c1-6-2-3-7(10)8(4-6)14-9-11-5-12-13-9/h5-8H,2-4,10H2,1H3,(H,11,12,13). The zero-order valence-corrected chi connectivity index (χ0v) is 9.13. The smallest absolute Gasteiger partial charge is 0.183 e. The molecule has 3 atom stereocenters. The lowest BCUT2D eigenvalue weighted by Gasteiger charge is -2.31. The maximum absolute atomic E-state index is 6.07. The van der Waals surface area contributed by atoms with Gasteiger partial charge in [-0.25, -0.2) is 4.98 Å². The number of hydrogen-bond acceptors (Lipinski definition) is 4. The average molecular weight is 212 g/mol. The Morgan fingerprint density at radius 3 is 3.14 bits per heavy atom. The van der Waals surface area contributed by atoms with E-state index >= 15 is 0 Å². The third kappa shape index (κ3) is 2.27. The Balaban J connectivity index is 1.95. The lowest BCUT2D eigenvalue weighted by Crippen LogP contribution is -2.37. The number of hydrogen-bond donors (Lipinski definition) is 2. The van der Waals surface area contributed by atoms with Crippen LogP contribution in [0.3, 0.4) is 0 Å². The molecule has 78 valence electrons. The molecule has 1 heterocycles. The molecule has 0 aromatic carbocycles. The summed E-state index contributed by atoms with van der Waals surface area (Å²) in [6.07, 6.45) is 5.12. The Morgan fingerprint density at radius 1 is 1.57 bits per heavy atom. The highest BCUT2D eigenvalue weighted by Crippen LogP contribution is 2.33. The molecule has 14 heavy (non-hydrogen) atoms. The van der Waals surface area contributed by atoms with Gasteiger partial charge in [0, 0.05) is 11.3 Å². The second-order valence-electron chi connectivity index (χ2n) is 4.03. The molecule has 0 radical (unpaired) electrons. The molecule has 3 unspecified atom stereocenters. The molecular formula is C9H16N4S. The molecule has 4 nitrogen and oxygen atoms in total. The number of H-pyrrole nitrogens is 1. The minimum atomic E-state index is 0.307. The van der Waals surface area contributed by atoms with Crippen molar-refractivity contribution in [3.05, 3.63) is 6.33 Å². The number of aromatic nitrogens is 3. The summed E-state index contributed by atoms with van der Waals surface area (Å²) < 4.78 is 0. The van der Waals surface area contributed by atoms with E-state index in [-0.39, 0.29) is 0 Å². The van der Waals surface area contributed by atoms with Crippen molar-refractivity contribution < 1.29 is 0 Å². The van der Waals surface area contributed by atoms with Gasteiger partial charge in [-0.05, 0) is 25.2 Å². The van der Waals surface area contributed by atoms with Crippen molar-refractivity contribution in [1.29, 1.82) is 0 Å². The number of nitrogens with one attached hydrogen (secondary N) is 1. The molecule has 5 heteroatoms. The Kier molecular flexibility index (Phi) is 3.08. The molecule has 1 fully saturated rings. The summed E-state index contributed by atoms with van der Waals surface area (Å²) >= 11 is 1.73. The van der Waals surface area contributed by atoms with Crippen molar-refractivity contribution in [3.63, 3.8) is 0 Å². The Morgan fingerprint density at radius 2 is 2.43 bits per heavy atom. The molecule has 0 amide bonds. The van der Waals surface area contributed by atoms with Crippen LogP contribution in [0.25, 0.3) is 0 Å². The molecule has 0 aliphatic heterocycles. The Labute approximate surface area is 88.1 Å². The van der Waals surface area contributed by atoms with Crippen molar-refractivity contribution in [3.8, 4) is 0 Å². The summed E-state index contributed by atoms with van der Waals surface area (Å²) in [4.78, 5) is 4.11. The van der Waals surface area contributed by atoms with Gasteiger partial charge in [0.15, 0.2) is 5.16 Å². The number of nitrogens with zero attached hydrogens (tertiary/aromatic N) is 2. The summed E-state index contributed by atoms with van der Waals surface area (Å²) in [6.45, 7) is 2.29. The quantitative estimate of drug-likeness (QED) is 0.778. The fourth-order valence-corrected chi connectivity index (χ4v) is 3.12. The number of rotatable bonds is 2. The maximum atomic E-state index is 6.07. The van der Waals surface area contributed by atoms with Crippen molar-refractivity contribution in [2.45, 2.75) is 42.6 Å². The molecule has 1 aliphatic rings. The van der Waals surface area contributed by atoms with Crippen LogP contribution in [-0.4, -0.2) is 26.5 Å². The van der Waals surface area contributed by atoms with Gasteiger partial charge in [-0.15, -0.1) is 0 Å². The van der Waals surface area contributed by atoms with E-state index in [9.17, 15) is 0 Å². The van der Waals surface area contributed by atoms with Crippen LogP contribution in [0.15, 0.2) is 11.5 Å². The van der Waals surface area contributed by atoms with Crippen molar-refractivity contribution in [2.75, 3.05) is 0 Å². The zero-order chi connectivity index (χ0) is 9.97. The van der Waals surface area contributed by atoms with Crippen LogP contribution in [0.5, 0.6) is 0 Å². The third-order valence-electron chi connectivity index (χ3n) is 2.76. The molecule has 1 aliphatic carbocycles. The normalized spacial score (nSPS) is 33.1. The zero-order valence-electron chi connectivity index (χ0n) is 8.31. The molecule has 3 N–H and O–H groups in total. The first-order valence-corrected chi connectivity index (χ1v) is 5.91. The van der Waals surface area contributed by atoms with Gasteiger partial charge in [-0.1, -0.05) is 18.7 Å². The van der Waals surface area contributed by atoms with Crippen LogP contribution in [0.4, 0.5) is 0 Å². The molecule has 0 bridgehead atoms. The van der Waals surface area contributed by atoms with E-state index in [1.807, 2.05) is 0 Å². The first-order chi connectivity index (χ1) is 6.75. The largest absolute Gasteiger partial charge is 0.327 e. The van der Waals surface area contributed by atoms with E-state index < -0.39 is 0 Å². The molecule has 1 aromatic rings. The van der Waals surface area contributed by atoms with Gasteiger partial charge in [0.25, 0.3) is 0 Å². The van der Waals surface area contributed by atoms with Crippen LogP contribution < -0.4 is 5.73 Å². The van der Waals surface area contributed by atoms with Gasteiger partial charge in [-0.2, -0.15) is 5.10 Å². The second-order valence-corrected chi connectivity index (χ2v) is 5.26. The summed E-state index contributed by atoms with van der Waals surface area (Å²) in [7, 11) is 0. The monoisotopic (exact) mass is 212 g/mol. The minimum Gasteiger partial charge on any atom is -0.327 e. The van der Waals surface area contributed by atoms with Crippen molar-refractivity contribution in [1.82, 2.24) is 15.2 Å². The Hall–Kier alpha value is -0.550. The van der Waals surface area contributed by atoms with Gasteiger partial charge in [0.05, 0.1) is 0 Å². The molecular weight excluding hydrogens is 196 g/mol. The molecule has 0 spiro atoms. The number of thioether (sulfide) groups is 1. The van der Waals surface area contributed by atoms with Crippen molar-refractivity contribution >= 4 is 11.8 Å². The molecule has 1 saturated carbocycles. The molecule has 1 aromatic heterocycles. The van der Waals surface area contributed by atoms with E-state index in [1.165, 1.54) is 12.8 Å². The fraction of sp³-hybridized carbons (Fsp3) is 0.778. The minimum absolute atomic E-state index is 0.307. The first kappa shape index (κ1) is 9.98. The highest BCUT2D eigenvalue weighted by molar-refractivity contribution is 7.99. The SMILES string of the molecule is CC1CCC(N)C(Sc2ncn[nH]2)C1. The predicted molar refractivity (Wildman–Crippen MR) is 57.0 cm³/mol. The van der Waals surface area contributed by atoms with Gasteiger partial charge < -0.3 is 5.73 Å². The number of aromatic amines is 1. The van der Waals surface area contributed by atoms with Crippen LogP contribution in [0.2, 0.25) is 0 Å². The fourth-order valence-electron chi connectivity index (χ4n) is 1.88. The van der Waals surface area contributed by atoms with Gasteiger partial charge in [0.2, 0.25) is 0 Å². The highest BCUT2D eigenvalue weighted by Gasteiger charge is 2.27. The maximum Gasteiger partial charge on any atom is 0.183 e. The van der Waals surface area contributed by atoms with E-state index in [0.717, 1.165) is 17.5 Å². The van der Waals surface area contributed by atoms with Crippen LogP contribution in [0, 0.1) is 5.92 Å². The summed E-state index contributed by atoms with van der Waals surface area (Å²) in [6, 6.07) is 0.307. The van der Waals surface area contributed by atoms with Crippen LogP contribution in [-0.2, 0) is 0 Å². The van der Waals surface area contributed by atoms with Crippen LogP contribution >= 0.6 is 11.8 Å². The summed E-state index contributed by atoms with van der Waals surface area (Å²) in [5.74, 6) is 0.787. The lowest BCUT2D eigenvalue weighted by molar-refractivity contribution is 0.357. The van der Waals surface area contributed by atoms with Gasteiger partial charge in [-0.3, -0.25) is 5.10 Å². The predicted octanol–water partition coefficient (Wildman–Crippen LogP) is 1.41. The van der Waals surface area contributed by atoms with Gasteiger partial charge >= 0.3 is 0 Å². The van der Waals surface area contributed by atoms with Gasteiger partial charge in [0.1, 0.15) is 6.33 Å². The lowest BCUT2D eigenvalue weighted by atomic mass is 9.87. The van der Waals surface area contributed by atoms with E-state index in [4.69, 9.17) is 5.73 Å². The van der Waals surface area contributed by atoms with E-state index in [1.54, 1.807) is 18.1 Å². The Bertz CT molecular complexity index is 274. The summed E-state index contributed by atoms with van der Waals surface area (Å²) in [5, 5.41) is 8.08. The molecule has 2 rings (SSSR count). The highest BCUT2D eigenvalue weighted by atomic mass is 32.2. The van der Waals surface area contributed by atoms with E-state index in [2.05, 4.69) is 22.1 Å². The van der Waals surface area contributed by atoms with E-state index in [0.29, 0.717) is 11.3 Å². The van der Waals surface area contributed by atoms with Crippen molar-refractivity contribution in [2.24, 2.45) is 11.7 Å². The third-order valence-corrected chi connectivity index (χ3v) is 4.03. The van der Waals surface area contributed by atoms with Crippen LogP contribution in [0.1, 0.15) is 26.2 Å². The first-order valence-electron chi connectivity index (χ1n) is 5.03. The molecule has 0 saturated heterocycles. The average Bonchev–Trinajstić information content (AvgIpc) is 2.64.